The van der Waals surface area contributed by atoms with Crippen LogP contribution in [0.15, 0.2) is 27.7 Å². The number of benzene rings is 1. The standard InChI is InChI=1S/C9H9BrFN3.2C2HF3O2/c10-6-2-1-3-7(11)8(6)14-9-12-4-5-13-9;2*3-2(4,5)1(6)7/h1-3H,4-5H2,(H2,12,13,14);2*(H,6,7). The fourth-order valence-electron chi connectivity index (χ4n) is 1.22. The molecule has 0 saturated carbocycles. The Morgan fingerprint density at radius 1 is 1.07 bits per heavy atom. The van der Waals surface area contributed by atoms with Crippen LogP contribution in [0.3, 0.4) is 0 Å². The van der Waals surface area contributed by atoms with E-state index in [0.29, 0.717) is 16.1 Å². The minimum atomic E-state index is -5.08. The quantitative estimate of drug-likeness (QED) is 0.454. The summed E-state index contributed by atoms with van der Waals surface area (Å²) in [6, 6.07) is 4.83. The highest BCUT2D eigenvalue weighted by Gasteiger charge is 2.38. The van der Waals surface area contributed by atoms with Crippen molar-refractivity contribution in [3.63, 3.8) is 0 Å². The Morgan fingerprint density at radius 2 is 1.54 bits per heavy atom. The van der Waals surface area contributed by atoms with Gasteiger partial charge in [-0.05, 0) is 28.1 Å². The number of hydrogen-bond donors (Lipinski definition) is 4. The van der Waals surface area contributed by atoms with E-state index in [9.17, 15) is 30.7 Å². The molecule has 0 aromatic heterocycles. The molecule has 7 nitrogen and oxygen atoms in total. The van der Waals surface area contributed by atoms with Crippen molar-refractivity contribution in [3.05, 3.63) is 28.5 Å². The summed E-state index contributed by atoms with van der Waals surface area (Å²) in [6.45, 7) is 1.53. The van der Waals surface area contributed by atoms with Crippen molar-refractivity contribution in [1.29, 1.82) is 0 Å². The van der Waals surface area contributed by atoms with E-state index in [2.05, 4.69) is 31.6 Å². The number of carboxylic acid groups (broad SMARTS) is 2. The number of rotatable bonds is 1. The zero-order valence-corrected chi connectivity index (χ0v) is 14.9. The van der Waals surface area contributed by atoms with E-state index in [-0.39, 0.29) is 5.82 Å². The van der Waals surface area contributed by atoms with Gasteiger partial charge in [0.1, 0.15) is 5.82 Å². The number of guanidine groups is 1. The van der Waals surface area contributed by atoms with Crippen LogP contribution in [-0.4, -0.2) is 53.6 Å². The van der Waals surface area contributed by atoms with Crippen molar-refractivity contribution in [2.45, 2.75) is 12.4 Å². The summed E-state index contributed by atoms with van der Waals surface area (Å²) in [6.07, 6.45) is -10.2. The Kier molecular flexibility index (Phi) is 9.69. The average Bonchev–Trinajstić information content (AvgIpc) is 3.03. The van der Waals surface area contributed by atoms with Crippen LogP contribution in [0.1, 0.15) is 0 Å². The van der Waals surface area contributed by atoms with Gasteiger partial charge in [-0.3, -0.25) is 4.99 Å². The van der Waals surface area contributed by atoms with Crippen molar-refractivity contribution in [2.75, 3.05) is 18.4 Å². The normalized spacial score (nSPS) is 13.1. The molecular formula is C13H11BrF7N3O4. The third-order valence-electron chi connectivity index (χ3n) is 2.37. The molecule has 0 saturated heterocycles. The summed E-state index contributed by atoms with van der Waals surface area (Å²) in [4.78, 5) is 21.9. The summed E-state index contributed by atoms with van der Waals surface area (Å²) >= 11 is 3.27. The molecule has 1 aromatic rings. The zero-order chi connectivity index (χ0) is 22.1. The molecule has 4 N–H and O–H groups in total. The molecule has 0 amide bonds. The molecule has 0 fully saturated rings. The predicted octanol–water partition coefficient (Wildman–Crippen LogP) is 3.23. The van der Waals surface area contributed by atoms with E-state index in [1.807, 2.05) is 0 Å². The Balaban J connectivity index is 0.000000444. The molecule has 1 aliphatic rings. The van der Waals surface area contributed by atoms with Gasteiger partial charge in [0, 0.05) is 11.0 Å². The number of anilines is 1. The van der Waals surface area contributed by atoms with E-state index < -0.39 is 24.3 Å². The topological polar surface area (TPSA) is 111 Å². The highest BCUT2D eigenvalue weighted by atomic mass is 79.9. The number of para-hydroxylation sites is 1. The predicted molar refractivity (Wildman–Crippen MR) is 85.4 cm³/mol. The first-order valence-corrected chi connectivity index (χ1v) is 7.55. The molecule has 2 rings (SSSR count). The van der Waals surface area contributed by atoms with Gasteiger partial charge in [-0.1, -0.05) is 6.07 Å². The largest absolute Gasteiger partial charge is 0.490 e. The summed E-state index contributed by atoms with van der Waals surface area (Å²) in [5, 5.41) is 20.2. The van der Waals surface area contributed by atoms with Gasteiger partial charge in [-0.15, -0.1) is 0 Å². The van der Waals surface area contributed by atoms with Crippen LogP contribution in [0.2, 0.25) is 0 Å². The molecule has 0 unspecified atom stereocenters. The van der Waals surface area contributed by atoms with Crippen LogP contribution < -0.4 is 10.6 Å². The molecular weight excluding hydrogens is 475 g/mol. The highest BCUT2D eigenvalue weighted by molar-refractivity contribution is 9.10. The van der Waals surface area contributed by atoms with Crippen LogP contribution in [0, 0.1) is 5.82 Å². The van der Waals surface area contributed by atoms with Crippen LogP contribution in [0.4, 0.5) is 36.4 Å². The summed E-state index contributed by atoms with van der Waals surface area (Å²) in [7, 11) is 0. The molecule has 15 heteroatoms. The van der Waals surface area contributed by atoms with E-state index in [0.717, 1.165) is 13.1 Å². The lowest BCUT2D eigenvalue weighted by Crippen LogP contribution is -2.26. The number of carbonyl (C=O) groups is 2. The first-order chi connectivity index (χ1) is 12.7. The van der Waals surface area contributed by atoms with Crippen LogP contribution in [0.5, 0.6) is 0 Å². The third-order valence-corrected chi connectivity index (χ3v) is 3.03. The van der Waals surface area contributed by atoms with Crippen molar-refractivity contribution in [2.24, 2.45) is 4.99 Å². The van der Waals surface area contributed by atoms with Crippen LogP contribution in [-0.2, 0) is 9.59 Å². The zero-order valence-electron chi connectivity index (χ0n) is 13.3. The number of carboxylic acids is 2. The Hall–Kier alpha value is -2.58. The number of nitrogens with zero attached hydrogens (tertiary/aromatic N) is 1. The van der Waals surface area contributed by atoms with Gasteiger partial charge in [0.05, 0.1) is 12.2 Å². The number of nitrogens with one attached hydrogen (secondary N) is 2. The van der Waals surface area contributed by atoms with E-state index in [4.69, 9.17) is 19.8 Å². The van der Waals surface area contributed by atoms with Crippen LogP contribution in [0.25, 0.3) is 0 Å². The van der Waals surface area contributed by atoms with E-state index >= 15 is 0 Å². The average molecular weight is 486 g/mol. The van der Waals surface area contributed by atoms with Crippen molar-refractivity contribution >= 4 is 39.5 Å². The summed E-state index contributed by atoms with van der Waals surface area (Å²) in [5.74, 6) is -5.19. The molecule has 0 radical (unpaired) electrons. The van der Waals surface area contributed by atoms with Gasteiger partial charge in [0.25, 0.3) is 0 Å². The summed E-state index contributed by atoms with van der Waals surface area (Å²) < 4.78 is 77.5. The van der Waals surface area contributed by atoms with Gasteiger partial charge < -0.3 is 20.8 Å². The number of hydrogen-bond acceptors (Lipinski definition) is 5. The Bertz CT molecular complexity index is 679. The molecule has 0 spiro atoms. The highest BCUT2D eigenvalue weighted by Crippen LogP contribution is 2.25. The van der Waals surface area contributed by atoms with Crippen LogP contribution >= 0.6 is 15.9 Å². The monoisotopic (exact) mass is 485 g/mol. The number of halogens is 8. The molecule has 1 aromatic carbocycles. The van der Waals surface area contributed by atoms with Gasteiger partial charge in [-0.25, -0.2) is 14.0 Å². The number of aliphatic carboxylic acids is 2. The molecule has 28 heavy (non-hydrogen) atoms. The maximum atomic E-state index is 13.3. The Labute approximate surface area is 160 Å². The first kappa shape index (κ1) is 25.4. The fourth-order valence-corrected chi connectivity index (χ4v) is 1.66. The fraction of sp³-hybridized carbons (Fsp3) is 0.308. The molecule has 0 aliphatic carbocycles. The Morgan fingerprint density at radius 3 is 1.86 bits per heavy atom. The summed E-state index contributed by atoms with van der Waals surface area (Å²) in [5.41, 5.74) is 0.417. The SMILES string of the molecule is Fc1cccc(Br)c1NC1=NCCN1.O=C(O)C(F)(F)F.O=C(O)C(F)(F)F. The van der Waals surface area contributed by atoms with E-state index in [1.54, 1.807) is 12.1 Å². The van der Waals surface area contributed by atoms with Gasteiger partial charge in [0.15, 0.2) is 5.96 Å². The molecule has 0 bridgehead atoms. The smallest absolute Gasteiger partial charge is 0.475 e. The number of alkyl halides is 6. The van der Waals surface area contributed by atoms with Gasteiger partial charge >= 0.3 is 24.3 Å². The maximum Gasteiger partial charge on any atom is 0.490 e. The third kappa shape index (κ3) is 9.94. The number of aliphatic imine (C=N–C) groups is 1. The second-order valence-corrected chi connectivity index (χ2v) is 5.34. The lowest BCUT2D eigenvalue weighted by Gasteiger charge is -2.09. The first-order valence-electron chi connectivity index (χ1n) is 6.75. The van der Waals surface area contributed by atoms with Crippen molar-refractivity contribution in [1.82, 2.24) is 5.32 Å². The molecule has 0 atom stereocenters. The molecule has 158 valence electrons. The van der Waals surface area contributed by atoms with Gasteiger partial charge in [-0.2, -0.15) is 26.3 Å². The minimum Gasteiger partial charge on any atom is -0.475 e. The lowest BCUT2D eigenvalue weighted by molar-refractivity contribution is -0.193. The van der Waals surface area contributed by atoms with Crippen molar-refractivity contribution in [3.8, 4) is 0 Å². The molecule has 1 aliphatic heterocycles. The van der Waals surface area contributed by atoms with Gasteiger partial charge in [0.2, 0.25) is 0 Å². The second kappa shape index (κ2) is 10.7. The lowest BCUT2D eigenvalue weighted by atomic mass is 10.3. The van der Waals surface area contributed by atoms with Crippen molar-refractivity contribution < 1.29 is 50.5 Å². The second-order valence-electron chi connectivity index (χ2n) is 4.48. The minimum absolute atomic E-state index is 0.296. The maximum absolute atomic E-state index is 13.3. The van der Waals surface area contributed by atoms with E-state index in [1.165, 1.54) is 6.07 Å². The molecule has 1 heterocycles.